The summed E-state index contributed by atoms with van der Waals surface area (Å²) in [7, 11) is 1.56. The number of hydrogen-bond donors (Lipinski definition) is 4. The summed E-state index contributed by atoms with van der Waals surface area (Å²) in [5.41, 5.74) is 5.28. The zero-order valence-corrected chi connectivity index (χ0v) is 44.4. The molecule has 5 amide bonds. The number of piperidine rings is 2. The average Bonchev–Trinajstić information content (AvgIpc) is 3.92. The summed E-state index contributed by atoms with van der Waals surface area (Å²) < 4.78 is 78.5. The van der Waals surface area contributed by atoms with E-state index in [1.165, 1.54) is 33.8 Å². The zero-order valence-electron chi connectivity index (χ0n) is 43.7. The molecular formula is C57H65ClF4N8O7. The fraction of sp³-hybridized carbons (Fsp3) is 0.491. The summed E-state index contributed by atoms with van der Waals surface area (Å²) in [5, 5.41) is 19.5. The topological polar surface area (TPSA) is 185 Å². The van der Waals surface area contributed by atoms with Crippen molar-refractivity contribution in [2.75, 3.05) is 50.8 Å². The third-order valence-corrected chi connectivity index (χ3v) is 17.4. The highest BCUT2D eigenvalue weighted by Gasteiger charge is 2.51. The minimum absolute atomic E-state index is 0.00840. The Hall–Kier alpha value is -6.28. The van der Waals surface area contributed by atoms with Gasteiger partial charge in [0.25, 0.3) is 0 Å². The van der Waals surface area contributed by atoms with Gasteiger partial charge in [-0.05, 0) is 100 Å². The number of nitrogens with zero attached hydrogens (tertiary/aromatic N) is 5. The Morgan fingerprint density at radius 1 is 0.935 bits per heavy atom. The molecule has 0 spiro atoms. The van der Waals surface area contributed by atoms with Gasteiger partial charge in [0.15, 0.2) is 28.8 Å². The number of aliphatic hydroxyl groups excluding tert-OH is 1. The number of amides is 5. The minimum atomic E-state index is -1.15. The number of fused-ring (bicyclic) bond motifs is 2. The average molecular weight is 1090 g/mol. The van der Waals surface area contributed by atoms with E-state index in [2.05, 4.69) is 39.4 Å². The molecule has 1 unspecified atom stereocenters. The van der Waals surface area contributed by atoms with E-state index in [0.29, 0.717) is 63.7 Å². The van der Waals surface area contributed by atoms with Gasteiger partial charge in [0.05, 0.1) is 22.6 Å². The number of primary amides is 1. The normalized spacial score (nSPS) is 24.3. The molecule has 5 N–H and O–H groups in total. The maximum absolute atomic E-state index is 16.5. The Morgan fingerprint density at radius 3 is 2.34 bits per heavy atom. The predicted octanol–water partition coefficient (Wildman–Crippen LogP) is 8.80. The van der Waals surface area contributed by atoms with E-state index >= 15 is 17.6 Å². The van der Waals surface area contributed by atoms with Crippen LogP contribution in [-0.4, -0.2) is 113 Å². The summed E-state index contributed by atoms with van der Waals surface area (Å²) in [6.45, 7) is 7.80. The van der Waals surface area contributed by atoms with Gasteiger partial charge < -0.3 is 35.4 Å². The van der Waals surface area contributed by atoms with Crippen LogP contribution < -0.4 is 30.7 Å². The maximum atomic E-state index is 16.5. The van der Waals surface area contributed by atoms with Gasteiger partial charge in [0.2, 0.25) is 17.7 Å². The third kappa shape index (κ3) is 9.90. The van der Waals surface area contributed by atoms with E-state index in [9.17, 15) is 24.3 Å². The van der Waals surface area contributed by atoms with Crippen LogP contribution in [-0.2, 0) is 22.2 Å². The monoisotopic (exact) mass is 1080 g/mol. The van der Waals surface area contributed by atoms with Crippen molar-refractivity contribution in [2.24, 2.45) is 24.6 Å². The molecule has 5 aliphatic rings. The van der Waals surface area contributed by atoms with Crippen LogP contribution in [0.3, 0.4) is 0 Å². The van der Waals surface area contributed by atoms with E-state index in [1.807, 2.05) is 37.3 Å². The number of ether oxygens (including phenoxy) is 2. The molecule has 1 aromatic heterocycles. The maximum Gasteiger partial charge on any atom is 0.329 e. The number of benzene rings is 4. The van der Waals surface area contributed by atoms with Gasteiger partial charge >= 0.3 is 6.03 Å². The number of carbonyl (C=O) groups excluding carboxylic acids is 4. The van der Waals surface area contributed by atoms with E-state index in [-0.39, 0.29) is 118 Å². The number of nitrogens with one attached hydrogen (secondary N) is 2. The number of aliphatic hydroxyl groups is 1. The molecule has 77 heavy (non-hydrogen) atoms. The molecule has 410 valence electrons. The SMILES string of the molecule is CC(C)[C@H]1CC(N2CCC(c3c(F)cc4c(N5CCC(=O)NC5=O)nn(C)c4c3F)CC2)CCN1C(=O)C1CCC(NC[C@]2(c3ccccc3)Oc3cc(F)c(Cl)c(-c4c(C(N)=O)ccc(OCCO)c4F)c3[C@@H]2C)CC1. The number of hydrogen-bond acceptors (Lipinski definition) is 10. The Morgan fingerprint density at radius 2 is 1.66 bits per heavy atom. The van der Waals surface area contributed by atoms with Crippen LogP contribution in [0.5, 0.6) is 11.5 Å². The molecule has 4 aliphatic heterocycles. The van der Waals surface area contributed by atoms with Gasteiger partial charge in [-0.1, -0.05) is 62.7 Å². The summed E-state index contributed by atoms with van der Waals surface area (Å²) in [5.74, 6) is -5.41. The number of nitrogens with two attached hydrogens (primary N) is 1. The lowest BCUT2D eigenvalue weighted by Gasteiger charge is -2.48. The molecule has 20 heteroatoms. The van der Waals surface area contributed by atoms with Crippen molar-refractivity contribution >= 4 is 52.1 Å². The van der Waals surface area contributed by atoms with Crippen molar-refractivity contribution in [3.8, 4) is 22.6 Å². The highest BCUT2D eigenvalue weighted by Crippen LogP contribution is 2.57. The molecule has 5 heterocycles. The van der Waals surface area contributed by atoms with Gasteiger partial charge in [-0.15, -0.1) is 0 Å². The van der Waals surface area contributed by atoms with E-state index in [4.69, 9.17) is 26.8 Å². The predicted molar refractivity (Wildman–Crippen MR) is 282 cm³/mol. The summed E-state index contributed by atoms with van der Waals surface area (Å²) in [6.07, 6.45) is 5.52. The van der Waals surface area contributed by atoms with Gasteiger partial charge in [-0.2, -0.15) is 5.10 Å². The molecule has 5 aromatic rings. The smallest absolute Gasteiger partial charge is 0.329 e. The van der Waals surface area contributed by atoms with Gasteiger partial charge in [0.1, 0.15) is 29.5 Å². The van der Waals surface area contributed by atoms with E-state index in [0.717, 1.165) is 18.4 Å². The Labute approximate surface area is 449 Å². The minimum Gasteiger partial charge on any atom is -0.488 e. The number of anilines is 1. The number of aromatic nitrogens is 2. The summed E-state index contributed by atoms with van der Waals surface area (Å²) in [6, 6.07) is 14.0. The molecule has 4 atom stereocenters. The first-order valence-electron chi connectivity index (χ1n) is 26.8. The lowest BCUT2D eigenvalue weighted by molar-refractivity contribution is -0.143. The van der Waals surface area contributed by atoms with E-state index < -0.39 is 64.3 Å². The van der Waals surface area contributed by atoms with Crippen molar-refractivity contribution < 1.29 is 51.3 Å². The molecule has 4 aromatic carbocycles. The Kier molecular flexibility index (Phi) is 15.4. The number of aryl methyl sites for hydroxylation is 1. The second kappa shape index (κ2) is 21.9. The fourth-order valence-electron chi connectivity index (χ4n) is 13.0. The molecule has 0 radical (unpaired) electrons. The number of carbonyl (C=O) groups is 4. The number of likely N-dealkylation sites (tertiary alicyclic amines) is 2. The second-order valence-corrected chi connectivity index (χ2v) is 22.1. The molecular weight excluding hydrogens is 1020 g/mol. The summed E-state index contributed by atoms with van der Waals surface area (Å²) in [4.78, 5) is 57.5. The first kappa shape index (κ1) is 54.1. The first-order chi connectivity index (χ1) is 36.9. The standard InChI is InChI=1S/C57H65ClF4N8O7/c1-30(2)41-26-36(68-20-16-32(17-21-68)46-39(59)27-38-52(51(46)62)67(4)66-54(38)70-23-19-44(72)65-56(70)75)18-22-69(41)55(74)33-10-12-35(13-11-33)64-29-57(34-8-6-5-7-9-34)31(3)45-43(77-57)28-40(60)49(58)48(45)47-37(53(63)73)14-15-42(50(47)61)76-25-24-71/h5-9,14-15,27-28,30-33,35-36,41,64,71H,10-13,16-26,29H2,1-4H3,(H2,63,73)(H,65,72,75)/t31-,33?,35?,36?,41+,57-/m0/s1. The number of imide groups is 1. The van der Waals surface area contributed by atoms with Crippen LogP contribution in [0.1, 0.15) is 117 Å². The van der Waals surface area contributed by atoms with Crippen LogP contribution in [0.2, 0.25) is 5.02 Å². The van der Waals surface area contributed by atoms with E-state index in [1.54, 1.807) is 7.05 Å². The van der Waals surface area contributed by atoms with Crippen molar-refractivity contribution in [2.45, 2.75) is 114 Å². The number of halogens is 5. The molecule has 4 fully saturated rings. The lowest BCUT2D eigenvalue weighted by Crippen LogP contribution is -2.56. The highest BCUT2D eigenvalue weighted by molar-refractivity contribution is 6.34. The van der Waals surface area contributed by atoms with Crippen LogP contribution in [0.15, 0.2) is 54.6 Å². The molecule has 1 saturated carbocycles. The van der Waals surface area contributed by atoms with Crippen molar-refractivity contribution in [3.05, 3.63) is 105 Å². The van der Waals surface area contributed by atoms with Gasteiger partial charge in [-0.3, -0.25) is 29.3 Å². The third-order valence-electron chi connectivity index (χ3n) is 17.1. The lowest BCUT2D eigenvalue weighted by atomic mass is 9.77. The fourth-order valence-corrected chi connectivity index (χ4v) is 13.3. The number of rotatable bonds is 14. The Bertz CT molecular complexity index is 3110. The summed E-state index contributed by atoms with van der Waals surface area (Å²) >= 11 is 6.74. The highest BCUT2D eigenvalue weighted by atomic mass is 35.5. The van der Waals surface area contributed by atoms with Crippen molar-refractivity contribution in [1.82, 2.24) is 30.2 Å². The second-order valence-electron chi connectivity index (χ2n) is 21.7. The molecule has 3 saturated heterocycles. The first-order valence-corrected chi connectivity index (χ1v) is 27.2. The van der Waals surface area contributed by atoms with Crippen LogP contribution in [0, 0.1) is 35.1 Å². The largest absolute Gasteiger partial charge is 0.488 e. The van der Waals surface area contributed by atoms with Crippen LogP contribution in [0.4, 0.5) is 28.2 Å². The zero-order chi connectivity index (χ0) is 54.6. The van der Waals surface area contributed by atoms with Crippen LogP contribution in [0.25, 0.3) is 22.0 Å². The quantitative estimate of drug-likeness (QED) is 0.0784. The van der Waals surface area contributed by atoms with Gasteiger partial charge in [-0.25, -0.2) is 22.4 Å². The molecule has 15 nitrogen and oxygen atoms in total. The molecule has 1 aliphatic carbocycles. The van der Waals surface area contributed by atoms with Crippen molar-refractivity contribution in [1.29, 1.82) is 0 Å². The Balaban J connectivity index is 0.788. The molecule has 0 bridgehead atoms. The van der Waals surface area contributed by atoms with Crippen LogP contribution >= 0.6 is 11.6 Å². The van der Waals surface area contributed by atoms with Gasteiger partial charge in [0, 0.05) is 91.4 Å². The number of urea groups is 1. The van der Waals surface area contributed by atoms with Crippen molar-refractivity contribution in [3.63, 3.8) is 0 Å². The molecule has 10 rings (SSSR count).